The number of halogens is 1. The molecule has 0 aliphatic heterocycles. The van der Waals surface area contributed by atoms with Crippen LogP contribution >= 0.6 is 11.6 Å². The molecule has 1 aromatic carbocycles. The van der Waals surface area contributed by atoms with Gasteiger partial charge in [-0.15, -0.1) is 0 Å². The fraction of sp³-hybridized carbons (Fsp3) is 0.111. The molecule has 0 saturated carbocycles. The van der Waals surface area contributed by atoms with Crippen LogP contribution in [-0.2, 0) is 4.79 Å². The third-order valence-electron chi connectivity index (χ3n) is 1.60. The summed E-state index contributed by atoms with van der Waals surface area (Å²) in [6, 6.07) is 4.45. The Morgan fingerprint density at radius 3 is 2.86 bits per heavy atom. The van der Waals surface area contributed by atoms with Crippen molar-refractivity contribution in [3.63, 3.8) is 0 Å². The predicted molar refractivity (Wildman–Crippen MR) is 52.6 cm³/mol. The lowest BCUT2D eigenvalue weighted by atomic mass is 10.2. The van der Waals surface area contributed by atoms with Crippen molar-refractivity contribution in [3.8, 4) is 0 Å². The molecule has 4 nitrogen and oxygen atoms in total. The largest absolute Gasteiger partial charge is 0.355 e. The molecular weight excluding hydrogens is 204 g/mol. The van der Waals surface area contributed by atoms with Gasteiger partial charge in [-0.05, 0) is 18.2 Å². The number of carbonyl (C=O) groups is 1. The van der Waals surface area contributed by atoms with Crippen molar-refractivity contribution in [3.05, 3.63) is 28.8 Å². The van der Waals surface area contributed by atoms with Gasteiger partial charge in [0.15, 0.2) is 0 Å². The van der Waals surface area contributed by atoms with E-state index in [9.17, 15) is 9.59 Å². The first-order valence-electron chi connectivity index (χ1n) is 3.78. The van der Waals surface area contributed by atoms with Crippen molar-refractivity contribution in [2.45, 2.75) is 0 Å². The van der Waals surface area contributed by atoms with Crippen LogP contribution in [0.2, 0.25) is 5.02 Å². The van der Waals surface area contributed by atoms with Crippen LogP contribution < -0.4 is 5.32 Å². The first-order valence-corrected chi connectivity index (χ1v) is 4.16. The van der Waals surface area contributed by atoms with Gasteiger partial charge in [0, 0.05) is 7.05 Å². The Labute approximate surface area is 85.6 Å². The van der Waals surface area contributed by atoms with E-state index < -0.39 is 0 Å². The summed E-state index contributed by atoms with van der Waals surface area (Å²) in [4.78, 5) is 24.6. The normalized spacial score (nSPS) is 9.00. The molecule has 0 bridgehead atoms. The average Bonchev–Trinajstić information content (AvgIpc) is 2.20. The Hall–Kier alpha value is -1.64. The summed E-state index contributed by atoms with van der Waals surface area (Å²) < 4.78 is 0. The van der Waals surface area contributed by atoms with Crippen LogP contribution in [0.5, 0.6) is 0 Å². The van der Waals surface area contributed by atoms with Gasteiger partial charge in [-0.3, -0.25) is 4.79 Å². The highest BCUT2D eigenvalue weighted by molar-refractivity contribution is 6.33. The molecule has 0 aliphatic rings. The minimum Gasteiger partial charge on any atom is -0.355 e. The zero-order valence-electron chi connectivity index (χ0n) is 7.37. The van der Waals surface area contributed by atoms with Crippen LogP contribution in [0.1, 0.15) is 10.4 Å². The molecule has 0 atom stereocenters. The number of carbonyl (C=O) groups excluding carboxylic acids is 2. The summed E-state index contributed by atoms with van der Waals surface area (Å²) in [6.45, 7) is 0. The molecule has 0 radical (unpaired) electrons. The Balaban J connectivity index is 3.20. The predicted octanol–water partition coefficient (Wildman–Crippen LogP) is 1.67. The lowest BCUT2D eigenvalue weighted by molar-refractivity contribution is 0.0963. The topological polar surface area (TPSA) is 58.5 Å². The number of aliphatic imine (C=N–C) groups is 1. The summed E-state index contributed by atoms with van der Waals surface area (Å²) >= 11 is 5.77. The fourth-order valence-electron chi connectivity index (χ4n) is 0.944. The third-order valence-corrected chi connectivity index (χ3v) is 1.93. The van der Waals surface area contributed by atoms with Crippen molar-refractivity contribution in [2.75, 3.05) is 7.05 Å². The summed E-state index contributed by atoms with van der Waals surface area (Å²) in [5.74, 6) is -0.321. The van der Waals surface area contributed by atoms with Gasteiger partial charge in [-0.25, -0.2) is 4.79 Å². The van der Waals surface area contributed by atoms with Crippen LogP contribution in [0.3, 0.4) is 0 Å². The van der Waals surface area contributed by atoms with Crippen molar-refractivity contribution < 1.29 is 9.59 Å². The van der Waals surface area contributed by atoms with E-state index in [4.69, 9.17) is 11.6 Å². The Morgan fingerprint density at radius 1 is 1.57 bits per heavy atom. The highest BCUT2D eigenvalue weighted by Crippen LogP contribution is 2.21. The van der Waals surface area contributed by atoms with Gasteiger partial charge in [-0.1, -0.05) is 11.6 Å². The van der Waals surface area contributed by atoms with E-state index in [0.29, 0.717) is 10.7 Å². The monoisotopic (exact) mass is 210 g/mol. The number of amides is 1. The second-order valence-electron chi connectivity index (χ2n) is 2.45. The molecular formula is C9H7ClN2O2. The van der Waals surface area contributed by atoms with Gasteiger partial charge in [0.05, 0.1) is 16.3 Å². The first kappa shape index (κ1) is 10.4. The van der Waals surface area contributed by atoms with Gasteiger partial charge in [0.1, 0.15) is 0 Å². The number of rotatable bonds is 2. The molecule has 1 aromatic rings. The number of hydrogen-bond acceptors (Lipinski definition) is 3. The molecule has 0 saturated heterocycles. The lowest BCUT2D eigenvalue weighted by Gasteiger charge is -2.02. The number of benzene rings is 1. The molecule has 0 unspecified atom stereocenters. The van der Waals surface area contributed by atoms with Gasteiger partial charge in [-0.2, -0.15) is 4.99 Å². The van der Waals surface area contributed by atoms with Crippen molar-refractivity contribution >= 4 is 29.3 Å². The standard InChI is InChI=1S/C9H7ClN2O2/c1-11-9(14)7-4-6(12-5-13)2-3-8(7)10/h2-4H,1H3,(H,11,14). The maximum absolute atomic E-state index is 11.3. The Bertz CT molecular complexity index is 411. The Morgan fingerprint density at radius 2 is 2.29 bits per heavy atom. The molecule has 0 aliphatic carbocycles. The Kier molecular flexibility index (Phi) is 3.40. The minimum absolute atomic E-state index is 0.283. The summed E-state index contributed by atoms with van der Waals surface area (Å²) in [6.07, 6.45) is 1.39. The minimum atomic E-state index is -0.321. The van der Waals surface area contributed by atoms with Crippen molar-refractivity contribution in [1.29, 1.82) is 0 Å². The van der Waals surface area contributed by atoms with E-state index >= 15 is 0 Å². The van der Waals surface area contributed by atoms with Gasteiger partial charge >= 0.3 is 0 Å². The van der Waals surface area contributed by atoms with Crippen LogP contribution in [0.15, 0.2) is 23.2 Å². The number of nitrogens with one attached hydrogen (secondary N) is 1. The van der Waals surface area contributed by atoms with E-state index in [0.717, 1.165) is 0 Å². The molecule has 1 N–H and O–H groups in total. The highest BCUT2D eigenvalue weighted by Gasteiger charge is 2.08. The zero-order chi connectivity index (χ0) is 10.6. The molecule has 0 aromatic heterocycles. The van der Waals surface area contributed by atoms with Gasteiger partial charge in [0.25, 0.3) is 5.91 Å². The van der Waals surface area contributed by atoms with Gasteiger partial charge in [0.2, 0.25) is 6.08 Å². The second-order valence-corrected chi connectivity index (χ2v) is 2.85. The quantitative estimate of drug-likeness (QED) is 0.596. The molecule has 0 heterocycles. The van der Waals surface area contributed by atoms with Crippen molar-refractivity contribution in [1.82, 2.24) is 5.32 Å². The molecule has 72 valence electrons. The fourth-order valence-corrected chi connectivity index (χ4v) is 1.15. The van der Waals surface area contributed by atoms with Crippen LogP contribution in [0.4, 0.5) is 5.69 Å². The van der Waals surface area contributed by atoms with Crippen molar-refractivity contribution in [2.24, 2.45) is 4.99 Å². The molecule has 14 heavy (non-hydrogen) atoms. The second kappa shape index (κ2) is 4.56. The van der Waals surface area contributed by atoms with Gasteiger partial charge < -0.3 is 5.32 Å². The molecule has 1 amide bonds. The zero-order valence-corrected chi connectivity index (χ0v) is 8.13. The molecule has 5 heteroatoms. The summed E-state index contributed by atoms with van der Waals surface area (Å²) in [5.41, 5.74) is 0.633. The van der Waals surface area contributed by atoms with E-state index in [-0.39, 0.29) is 11.5 Å². The third kappa shape index (κ3) is 2.19. The number of isocyanates is 1. The lowest BCUT2D eigenvalue weighted by Crippen LogP contribution is -2.18. The van der Waals surface area contributed by atoms with E-state index in [1.165, 1.54) is 31.3 Å². The summed E-state index contributed by atoms with van der Waals surface area (Å²) in [7, 11) is 1.49. The van der Waals surface area contributed by atoms with E-state index in [1.54, 1.807) is 0 Å². The van der Waals surface area contributed by atoms with Crippen LogP contribution in [0.25, 0.3) is 0 Å². The van der Waals surface area contributed by atoms with E-state index in [1.807, 2.05) is 0 Å². The van der Waals surface area contributed by atoms with Crippen LogP contribution in [0, 0.1) is 0 Å². The maximum Gasteiger partial charge on any atom is 0.252 e. The molecule has 0 spiro atoms. The van der Waals surface area contributed by atoms with Crippen LogP contribution in [-0.4, -0.2) is 19.0 Å². The highest BCUT2D eigenvalue weighted by atomic mass is 35.5. The SMILES string of the molecule is CNC(=O)c1cc(N=C=O)ccc1Cl. The summed E-state index contributed by atoms with van der Waals surface area (Å²) in [5, 5.41) is 2.74. The average molecular weight is 211 g/mol. The first-order chi connectivity index (χ1) is 6.69. The maximum atomic E-state index is 11.3. The van der Waals surface area contributed by atoms with E-state index in [2.05, 4.69) is 10.3 Å². The number of hydrogen-bond donors (Lipinski definition) is 1. The molecule has 1 rings (SSSR count). The number of nitrogens with zero attached hydrogens (tertiary/aromatic N) is 1. The molecule has 0 fully saturated rings. The smallest absolute Gasteiger partial charge is 0.252 e.